The number of sulfonamides is 1. The van der Waals surface area contributed by atoms with Gasteiger partial charge in [-0.25, -0.2) is 16.8 Å². The fourth-order valence-corrected chi connectivity index (χ4v) is 8.16. The monoisotopic (exact) mass is 635 g/mol. The molecule has 4 rings (SSSR count). The summed E-state index contributed by atoms with van der Waals surface area (Å²) >= 11 is 0. The van der Waals surface area contributed by atoms with E-state index < -0.39 is 31.8 Å². The van der Waals surface area contributed by atoms with E-state index in [-0.39, 0.29) is 41.6 Å². The minimum absolute atomic E-state index is 0.00662. The number of unbranched alkanes of at least 4 members (excludes halogenated alkanes) is 2. The van der Waals surface area contributed by atoms with Gasteiger partial charge < -0.3 is 0 Å². The molecule has 7 nitrogen and oxygen atoms in total. The van der Waals surface area contributed by atoms with Crippen LogP contribution in [0.5, 0.6) is 0 Å². The number of ketones is 2. The number of sulfone groups is 1. The van der Waals surface area contributed by atoms with Gasteiger partial charge in [-0.05, 0) is 43.0 Å². The molecule has 0 saturated heterocycles. The van der Waals surface area contributed by atoms with Crippen LogP contribution in [-0.2, 0) is 24.7 Å². The van der Waals surface area contributed by atoms with Crippen molar-refractivity contribution in [1.29, 1.82) is 0 Å². The molecule has 0 aliphatic carbocycles. The van der Waals surface area contributed by atoms with Gasteiger partial charge in [0.15, 0.2) is 5.78 Å². The van der Waals surface area contributed by atoms with Crippen molar-refractivity contribution in [2.45, 2.75) is 63.3 Å². The maximum Gasteiger partial charge on any atom is 0.243 e. The lowest BCUT2D eigenvalue weighted by molar-refractivity contribution is -0.119. The Morgan fingerprint density at radius 2 is 1.45 bits per heavy atom. The third-order valence-corrected chi connectivity index (χ3v) is 10.9. The second kappa shape index (κ2) is 14.6. The standard InChI is InChI=1S/C35H41NO6S2/c1-4-5-8-17-30(37)24-29-25-36(44(41,42)31-20-18-26(2)19-21-31)32(22-23-43(3,39)40)33(27-13-9-6-10-14-27)34(29)35(38)28-15-11-7-12-16-28/h6-7,9-16,18-21,29,32H,4-5,8,17,22-25H2,1-3H3/t29-,32-/m0/s1. The Labute approximate surface area is 262 Å². The summed E-state index contributed by atoms with van der Waals surface area (Å²) in [5.41, 5.74) is 2.78. The van der Waals surface area contributed by atoms with Gasteiger partial charge in [-0.3, -0.25) is 9.59 Å². The first-order valence-electron chi connectivity index (χ1n) is 15.1. The highest BCUT2D eigenvalue weighted by Crippen LogP contribution is 2.42. The molecule has 0 aromatic heterocycles. The van der Waals surface area contributed by atoms with E-state index in [1.807, 2.05) is 31.2 Å². The molecule has 44 heavy (non-hydrogen) atoms. The Kier molecular flexibility index (Phi) is 11.1. The van der Waals surface area contributed by atoms with Gasteiger partial charge in [0, 0.05) is 42.7 Å². The average Bonchev–Trinajstić information content (AvgIpc) is 3.00. The molecule has 0 fully saturated rings. The summed E-state index contributed by atoms with van der Waals surface area (Å²) in [5.74, 6) is -1.31. The second-order valence-corrected chi connectivity index (χ2v) is 15.8. The zero-order chi connectivity index (χ0) is 31.9. The van der Waals surface area contributed by atoms with E-state index in [4.69, 9.17) is 0 Å². The summed E-state index contributed by atoms with van der Waals surface area (Å²) in [4.78, 5) is 27.8. The highest BCUT2D eigenvalue weighted by Gasteiger charge is 2.44. The normalized spacial score (nSPS) is 17.9. The second-order valence-electron chi connectivity index (χ2n) is 11.6. The number of rotatable bonds is 14. The first-order chi connectivity index (χ1) is 20.9. The van der Waals surface area contributed by atoms with Gasteiger partial charge in [0.1, 0.15) is 15.6 Å². The van der Waals surface area contributed by atoms with Crippen molar-refractivity contribution < 1.29 is 26.4 Å². The molecule has 0 bridgehead atoms. The maximum absolute atomic E-state index is 14.4. The van der Waals surface area contributed by atoms with Gasteiger partial charge in [0.05, 0.1) is 16.7 Å². The van der Waals surface area contributed by atoms with Crippen molar-refractivity contribution in [3.05, 3.63) is 107 Å². The zero-order valence-electron chi connectivity index (χ0n) is 25.6. The molecule has 0 unspecified atom stereocenters. The van der Waals surface area contributed by atoms with Crippen LogP contribution < -0.4 is 0 Å². The number of aryl methyl sites for hydroxylation is 1. The molecule has 9 heteroatoms. The molecule has 3 aromatic carbocycles. The fourth-order valence-electron chi connectivity index (χ4n) is 5.84. The van der Waals surface area contributed by atoms with Crippen molar-refractivity contribution in [3.63, 3.8) is 0 Å². The minimum Gasteiger partial charge on any atom is -0.300 e. The van der Waals surface area contributed by atoms with E-state index in [0.29, 0.717) is 28.7 Å². The van der Waals surface area contributed by atoms with Crippen LogP contribution in [0.1, 0.15) is 66.9 Å². The van der Waals surface area contributed by atoms with E-state index in [1.54, 1.807) is 60.7 Å². The Balaban J connectivity index is 1.98. The summed E-state index contributed by atoms with van der Waals surface area (Å²) in [6.07, 6.45) is 4.01. The summed E-state index contributed by atoms with van der Waals surface area (Å²) < 4.78 is 55.0. The number of benzene rings is 3. The van der Waals surface area contributed by atoms with Gasteiger partial charge in [-0.1, -0.05) is 98.1 Å². The smallest absolute Gasteiger partial charge is 0.243 e. The molecule has 0 N–H and O–H groups in total. The number of Topliss-reactive ketones (excluding diaryl/α,β-unsaturated/α-hetero) is 2. The van der Waals surface area contributed by atoms with Gasteiger partial charge >= 0.3 is 0 Å². The Morgan fingerprint density at radius 1 is 0.841 bits per heavy atom. The maximum atomic E-state index is 14.4. The molecule has 234 valence electrons. The van der Waals surface area contributed by atoms with Gasteiger partial charge in [-0.2, -0.15) is 4.31 Å². The number of hydrogen-bond acceptors (Lipinski definition) is 6. The van der Waals surface area contributed by atoms with E-state index in [1.165, 1.54) is 4.31 Å². The molecule has 0 saturated carbocycles. The van der Waals surface area contributed by atoms with Crippen LogP contribution in [0.25, 0.3) is 5.57 Å². The quantitative estimate of drug-likeness (QED) is 0.152. The molecule has 0 amide bonds. The fraction of sp³-hybridized carbons (Fsp3) is 0.371. The van der Waals surface area contributed by atoms with Crippen molar-refractivity contribution in [1.82, 2.24) is 4.31 Å². The molecular formula is C35H41NO6S2. The van der Waals surface area contributed by atoms with Crippen LogP contribution in [0.3, 0.4) is 0 Å². The predicted molar refractivity (Wildman–Crippen MR) is 175 cm³/mol. The van der Waals surface area contributed by atoms with Crippen molar-refractivity contribution >= 4 is 37.0 Å². The van der Waals surface area contributed by atoms with Gasteiger partial charge in [-0.15, -0.1) is 0 Å². The summed E-state index contributed by atoms with van der Waals surface area (Å²) in [6, 6.07) is 23.4. The molecule has 1 heterocycles. The van der Waals surface area contributed by atoms with E-state index in [9.17, 15) is 26.4 Å². The zero-order valence-corrected chi connectivity index (χ0v) is 27.2. The molecule has 1 aliphatic rings. The van der Waals surface area contributed by atoms with E-state index >= 15 is 0 Å². The topological polar surface area (TPSA) is 106 Å². The van der Waals surface area contributed by atoms with Crippen LogP contribution in [0.4, 0.5) is 0 Å². The Hall–Kier alpha value is -3.40. The average molecular weight is 636 g/mol. The summed E-state index contributed by atoms with van der Waals surface area (Å²) in [5, 5.41) is 0. The predicted octanol–water partition coefficient (Wildman–Crippen LogP) is 6.30. The first kappa shape index (κ1) is 33.5. The Morgan fingerprint density at radius 3 is 2.05 bits per heavy atom. The molecule has 0 radical (unpaired) electrons. The number of nitrogens with zero attached hydrogens (tertiary/aromatic N) is 1. The van der Waals surface area contributed by atoms with Crippen LogP contribution >= 0.6 is 0 Å². The first-order valence-corrected chi connectivity index (χ1v) is 18.6. The summed E-state index contributed by atoms with van der Waals surface area (Å²) in [7, 11) is -7.64. The molecular weight excluding hydrogens is 595 g/mol. The van der Waals surface area contributed by atoms with Crippen LogP contribution in [0.2, 0.25) is 0 Å². The minimum atomic E-state index is -4.16. The SMILES string of the molecule is CCCCCC(=O)C[C@H]1CN(S(=O)(=O)c2ccc(C)cc2)[C@@H](CCS(C)(=O)=O)C(c2ccccc2)=C1C(=O)c1ccccc1. The van der Waals surface area contributed by atoms with Gasteiger partial charge in [0.25, 0.3) is 0 Å². The van der Waals surface area contributed by atoms with Crippen LogP contribution in [0.15, 0.2) is 95.4 Å². The third-order valence-electron chi connectivity index (χ3n) is 8.07. The lowest BCUT2D eigenvalue weighted by Crippen LogP contribution is -2.49. The van der Waals surface area contributed by atoms with Crippen LogP contribution in [-0.4, -0.2) is 57.3 Å². The van der Waals surface area contributed by atoms with Gasteiger partial charge in [0.2, 0.25) is 10.0 Å². The highest BCUT2D eigenvalue weighted by atomic mass is 32.2. The van der Waals surface area contributed by atoms with Crippen molar-refractivity contribution in [2.75, 3.05) is 18.6 Å². The highest BCUT2D eigenvalue weighted by molar-refractivity contribution is 7.90. The molecule has 0 spiro atoms. The van der Waals surface area contributed by atoms with Crippen molar-refractivity contribution in [3.8, 4) is 0 Å². The van der Waals surface area contributed by atoms with E-state index in [2.05, 4.69) is 6.92 Å². The van der Waals surface area contributed by atoms with Crippen LogP contribution in [0, 0.1) is 12.8 Å². The largest absolute Gasteiger partial charge is 0.300 e. The number of hydrogen-bond donors (Lipinski definition) is 0. The van der Waals surface area contributed by atoms with Crippen molar-refractivity contribution in [2.24, 2.45) is 5.92 Å². The summed E-state index contributed by atoms with van der Waals surface area (Å²) in [6.45, 7) is 3.81. The molecule has 1 aliphatic heterocycles. The third kappa shape index (κ3) is 8.20. The Bertz CT molecular complexity index is 1700. The lowest BCUT2D eigenvalue weighted by atomic mass is 9.76. The molecule has 2 atom stereocenters. The number of carbonyl (C=O) groups is 2. The number of carbonyl (C=O) groups excluding carboxylic acids is 2. The molecule has 3 aromatic rings. The van der Waals surface area contributed by atoms with E-state index in [0.717, 1.165) is 31.1 Å². The lowest BCUT2D eigenvalue weighted by Gasteiger charge is -2.42.